The number of nitrogens with one attached hydrogen (secondary N) is 2. The standard InChI is InChI=1S/C18H24N4OS/c1-22(10-16-14-6-4-7-15(14)20-21-16)18(23)19-9-12-11-24-17-8-3-2-5-13(12)17/h11H,2-10H2,1H3,(H,19,23)(H,20,21). The van der Waals surface area contributed by atoms with Gasteiger partial charge in [-0.15, -0.1) is 11.3 Å². The molecular formula is C18H24N4OS. The highest BCUT2D eigenvalue weighted by molar-refractivity contribution is 7.10. The van der Waals surface area contributed by atoms with Gasteiger partial charge in [-0.3, -0.25) is 5.10 Å². The largest absolute Gasteiger partial charge is 0.334 e. The highest BCUT2D eigenvalue weighted by atomic mass is 32.1. The summed E-state index contributed by atoms with van der Waals surface area (Å²) in [6.45, 7) is 1.20. The average Bonchev–Trinajstić information content (AvgIpc) is 3.29. The van der Waals surface area contributed by atoms with Gasteiger partial charge in [0.1, 0.15) is 0 Å². The molecule has 5 nitrogen and oxygen atoms in total. The van der Waals surface area contributed by atoms with Crippen molar-refractivity contribution in [3.63, 3.8) is 0 Å². The Morgan fingerprint density at radius 1 is 1.25 bits per heavy atom. The van der Waals surface area contributed by atoms with Gasteiger partial charge in [-0.05, 0) is 67.0 Å². The maximum absolute atomic E-state index is 12.4. The molecule has 2 aliphatic carbocycles. The minimum Gasteiger partial charge on any atom is -0.334 e. The monoisotopic (exact) mass is 344 g/mol. The molecule has 0 radical (unpaired) electrons. The van der Waals surface area contributed by atoms with Gasteiger partial charge in [0, 0.05) is 24.2 Å². The number of hydrogen-bond acceptors (Lipinski definition) is 3. The summed E-state index contributed by atoms with van der Waals surface area (Å²) in [6, 6.07) is -0.0273. The van der Waals surface area contributed by atoms with Gasteiger partial charge >= 0.3 is 6.03 Å². The van der Waals surface area contributed by atoms with Crippen LogP contribution in [0.5, 0.6) is 0 Å². The Morgan fingerprint density at radius 2 is 2.08 bits per heavy atom. The van der Waals surface area contributed by atoms with Gasteiger partial charge in [0.05, 0.1) is 12.2 Å². The van der Waals surface area contributed by atoms with Crippen LogP contribution in [0, 0.1) is 0 Å². The van der Waals surface area contributed by atoms with E-state index in [0.717, 1.165) is 18.5 Å². The Balaban J connectivity index is 1.35. The number of amides is 2. The second kappa shape index (κ2) is 6.59. The van der Waals surface area contributed by atoms with E-state index in [2.05, 4.69) is 20.9 Å². The topological polar surface area (TPSA) is 61.0 Å². The molecule has 2 heterocycles. The molecule has 0 atom stereocenters. The summed E-state index contributed by atoms with van der Waals surface area (Å²) in [5.74, 6) is 0. The van der Waals surface area contributed by atoms with E-state index in [-0.39, 0.29) is 6.03 Å². The molecule has 0 fully saturated rings. The van der Waals surface area contributed by atoms with Crippen molar-refractivity contribution in [3.8, 4) is 0 Å². The van der Waals surface area contributed by atoms with Crippen molar-refractivity contribution < 1.29 is 4.79 Å². The number of carbonyl (C=O) groups excluding carboxylic acids is 1. The Morgan fingerprint density at radius 3 is 3.00 bits per heavy atom. The number of thiophene rings is 1. The summed E-state index contributed by atoms with van der Waals surface area (Å²) in [5, 5.41) is 12.8. The van der Waals surface area contributed by atoms with Crippen molar-refractivity contribution in [1.29, 1.82) is 0 Å². The highest BCUT2D eigenvalue weighted by Crippen LogP contribution is 2.30. The molecule has 4 rings (SSSR count). The van der Waals surface area contributed by atoms with E-state index in [1.54, 1.807) is 4.90 Å². The lowest BCUT2D eigenvalue weighted by Crippen LogP contribution is -2.36. The van der Waals surface area contributed by atoms with Crippen LogP contribution < -0.4 is 5.32 Å². The molecule has 0 aromatic carbocycles. The van der Waals surface area contributed by atoms with Crippen molar-refractivity contribution in [2.45, 2.75) is 58.0 Å². The second-order valence-electron chi connectivity index (χ2n) is 6.87. The zero-order valence-electron chi connectivity index (χ0n) is 14.2. The van der Waals surface area contributed by atoms with E-state index in [9.17, 15) is 4.79 Å². The van der Waals surface area contributed by atoms with Crippen molar-refractivity contribution in [2.24, 2.45) is 0 Å². The summed E-state index contributed by atoms with van der Waals surface area (Å²) in [6.07, 6.45) is 8.30. The van der Waals surface area contributed by atoms with Gasteiger partial charge in [-0.2, -0.15) is 5.10 Å². The lowest BCUT2D eigenvalue weighted by molar-refractivity contribution is 0.206. The molecule has 2 amide bonds. The fourth-order valence-electron chi connectivity index (χ4n) is 3.83. The molecule has 128 valence electrons. The molecule has 0 bridgehead atoms. The number of fused-ring (bicyclic) bond motifs is 2. The van der Waals surface area contributed by atoms with Crippen LogP contribution in [0.25, 0.3) is 0 Å². The molecule has 0 unspecified atom stereocenters. The number of H-pyrrole nitrogens is 1. The van der Waals surface area contributed by atoms with Crippen LogP contribution in [0.4, 0.5) is 4.79 Å². The molecule has 2 aromatic rings. The van der Waals surface area contributed by atoms with Crippen LogP contribution in [0.2, 0.25) is 0 Å². The summed E-state index contributed by atoms with van der Waals surface area (Å²) < 4.78 is 0. The van der Waals surface area contributed by atoms with Crippen molar-refractivity contribution in [2.75, 3.05) is 7.05 Å². The molecule has 0 saturated heterocycles. The van der Waals surface area contributed by atoms with E-state index >= 15 is 0 Å². The predicted molar refractivity (Wildman–Crippen MR) is 95.3 cm³/mol. The second-order valence-corrected chi connectivity index (χ2v) is 7.83. The summed E-state index contributed by atoms with van der Waals surface area (Å²) in [7, 11) is 1.84. The summed E-state index contributed by atoms with van der Waals surface area (Å²) in [4.78, 5) is 15.7. The first-order chi connectivity index (χ1) is 11.7. The first-order valence-corrected chi connectivity index (χ1v) is 9.72. The lowest BCUT2D eigenvalue weighted by Gasteiger charge is -2.18. The van der Waals surface area contributed by atoms with Crippen molar-refractivity contribution >= 4 is 17.4 Å². The van der Waals surface area contributed by atoms with E-state index in [1.807, 2.05) is 18.4 Å². The van der Waals surface area contributed by atoms with Crippen LogP contribution in [-0.4, -0.2) is 28.2 Å². The van der Waals surface area contributed by atoms with Crippen LogP contribution in [0.1, 0.15) is 52.2 Å². The molecule has 0 aliphatic heterocycles. The highest BCUT2D eigenvalue weighted by Gasteiger charge is 2.21. The normalized spacial score (nSPS) is 15.9. The summed E-state index contributed by atoms with van der Waals surface area (Å²) >= 11 is 1.85. The van der Waals surface area contributed by atoms with Crippen LogP contribution in [0.3, 0.4) is 0 Å². The fourth-order valence-corrected chi connectivity index (χ4v) is 4.98. The number of nitrogens with zero attached hydrogens (tertiary/aromatic N) is 2. The zero-order chi connectivity index (χ0) is 16.5. The van der Waals surface area contributed by atoms with Crippen molar-refractivity contribution in [3.05, 3.63) is 38.3 Å². The minimum atomic E-state index is -0.0273. The minimum absolute atomic E-state index is 0.0273. The number of rotatable bonds is 4. The number of aromatic nitrogens is 2. The van der Waals surface area contributed by atoms with Gasteiger partial charge in [-0.1, -0.05) is 0 Å². The molecule has 2 N–H and O–H groups in total. The molecular weight excluding hydrogens is 320 g/mol. The Hall–Kier alpha value is -1.82. The van der Waals surface area contributed by atoms with Gasteiger partial charge in [0.2, 0.25) is 0 Å². The van der Waals surface area contributed by atoms with Crippen molar-refractivity contribution in [1.82, 2.24) is 20.4 Å². The molecule has 0 saturated carbocycles. The van der Waals surface area contributed by atoms with E-state index in [4.69, 9.17) is 0 Å². The third-order valence-electron chi connectivity index (χ3n) is 5.20. The van der Waals surface area contributed by atoms with Gasteiger partial charge < -0.3 is 10.2 Å². The molecule has 2 aromatic heterocycles. The van der Waals surface area contributed by atoms with Crippen LogP contribution in [0.15, 0.2) is 5.38 Å². The number of hydrogen-bond donors (Lipinski definition) is 2. The lowest BCUT2D eigenvalue weighted by atomic mass is 9.96. The Kier molecular flexibility index (Phi) is 4.31. The SMILES string of the molecule is CN(Cc1n[nH]c2c1CCC2)C(=O)NCc1csc2c1CCCC2. The number of aromatic amines is 1. The Labute approximate surface area is 146 Å². The van der Waals surface area contributed by atoms with Gasteiger partial charge in [0.25, 0.3) is 0 Å². The molecule has 6 heteroatoms. The smallest absolute Gasteiger partial charge is 0.317 e. The van der Waals surface area contributed by atoms with Gasteiger partial charge in [0.15, 0.2) is 0 Å². The molecule has 24 heavy (non-hydrogen) atoms. The molecule has 2 aliphatic rings. The maximum atomic E-state index is 12.4. The van der Waals surface area contributed by atoms with E-state index < -0.39 is 0 Å². The quantitative estimate of drug-likeness (QED) is 0.895. The van der Waals surface area contributed by atoms with Crippen LogP contribution >= 0.6 is 11.3 Å². The number of carbonyl (C=O) groups is 1. The maximum Gasteiger partial charge on any atom is 0.317 e. The first-order valence-electron chi connectivity index (χ1n) is 8.84. The third-order valence-corrected chi connectivity index (χ3v) is 6.34. The predicted octanol–water partition coefficient (Wildman–Crippen LogP) is 3.18. The zero-order valence-corrected chi connectivity index (χ0v) is 15.0. The summed E-state index contributed by atoms with van der Waals surface area (Å²) in [5.41, 5.74) is 6.38. The number of aryl methyl sites for hydroxylation is 2. The fraction of sp³-hybridized carbons (Fsp3) is 0.556. The third kappa shape index (κ3) is 2.95. The number of urea groups is 1. The molecule has 0 spiro atoms. The Bertz CT molecular complexity index is 748. The first kappa shape index (κ1) is 15.7. The van der Waals surface area contributed by atoms with Gasteiger partial charge in [-0.25, -0.2) is 4.79 Å². The van der Waals surface area contributed by atoms with Crippen LogP contribution in [-0.2, 0) is 38.8 Å². The van der Waals surface area contributed by atoms with E-state index in [1.165, 1.54) is 59.4 Å². The van der Waals surface area contributed by atoms with E-state index in [0.29, 0.717) is 13.1 Å². The average molecular weight is 344 g/mol.